The van der Waals surface area contributed by atoms with Crippen molar-refractivity contribution in [2.45, 2.75) is 40.7 Å². The second-order valence-electron chi connectivity index (χ2n) is 3.58. The van der Waals surface area contributed by atoms with Gasteiger partial charge in [0.2, 0.25) is 0 Å². The van der Waals surface area contributed by atoms with E-state index in [2.05, 4.69) is 39.5 Å². The van der Waals surface area contributed by atoms with Gasteiger partial charge in [-0.05, 0) is 26.3 Å². The highest BCUT2D eigenvalue weighted by molar-refractivity contribution is 4.61. The van der Waals surface area contributed by atoms with Crippen LogP contribution in [-0.2, 0) is 0 Å². The van der Waals surface area contributed by atoms with Gasteiger partial charge in [0, 0.05) is 12.6 Å². The van der Waals surface area contributed by atoms with Crippen molar-refractivity contribution in [2.75, 3.05) is 13.1 Å². The van der Waals surface area contributed by atoms with Gasteiger partial charge in [0.15, 0.2) is 0 Å². The van der Waals surface area contributed by atoms with Gasteiger partial charge in [-0.3, -0.25) is 0 Å². The largest absolute Gasteiger partial charge is 0.301 e. The van der Waals surface area contributed by atoms with Gasteiger partial charge in [0.1, 0.15) is 0 Å². The molecule has 0 radical (unpaired) electrons. The minimum Gasteiger partial charge on any atom is -0.301 e. The topological polar surface area (TPSA) is 3.24 Å². The van der Waals surface area contributed by atoms with Crippen LogP contribution in [0.15, 0.2) is 0 Å². The van der Waals surface area contributed by atoms with Gasteiger partial charge in [-0.1, -0.05) is 20.8 Å². The number of hydrogen-bond donors (Lipinski definition) is 0. The fourth-order valence-corrected chi connectivity index (χ4v) is 1.17. The van der Waals surface area contributed by atoms with Crippen molar-refractivity contribution in [1.82, 2.24) is 4.90 Å². The average molecular weight is 143 g/mol. The van der Waals surface area contributed by atoms with Crippen LogP contribution in [0.25, 0.3) is 0 Å². The molecular weight excluding hydrogens is 122 g/mol. The van der Waals surface area contributed by atoms with E-state index in [1.165, 1.54) is 13.1 Å². The van der Waals surface area contributed by atoms with Crippen LogP contribution < -0.4 is 0 Å². The molecular formula is C9H21N. The van der Waals surface area contributed by atoms with E-state index in [-0.39, 0.29) is 0 Å². The van der Waals surface area contributed by atoms with Gasteiger partial charge in [0.25, 0.3) is 0 Å². The summed E-state index contributed by atoms with van der Waals surface area (Å²) in [6, 6.07) is 0.701. The molecule has 0 aromatic heterocycles. The molecule has 0 spiro atoms. The van der Waals surface area contributed by atoms with Crippen LogP contribution in [0.2, 0.25) is 0 Å². The molecule has 62 valence electrons. The summed E-state index contributed by atoms with van der Waals surface area (Å²) in [6.07, 6.45) is 0. The first kappa shape index (κ1) is 9.96. The summed E-state index contributed by atoms with van der Waals surface area (Å²) in [7, 11) is 0. The van der Waals surface area contributed by atoms with Crippen LogP contribution in [0, 0.1) is 5.92 Å². The van der Waals surface area contributed by atoms with Crippen LogP contribution >= 0.6 is 0 Å². The second kappa shape index (κ2) is 4.73. The Morgan fingerprint density at radius 2 is 1.60 bits per heavy atom. The lowest BCUT2D eigenvalue weighted by molar-refractivity contribution is 0.208. The molecule has 0 aromatic rings. The van der Waals surface area contributed by atoms with Crippen molar-refractivity contribution in [3.8, 4) is 0 Å². The molecule has 0 amide bonds. The van der Waals surface area contributed by atoms with Gasteiger partial charge in [-0.2, -0.15) is 0 Å². The molecule has 0 rings (SSSR count). The average Bonchev–Trinajstić information content (AvgIpc) is 1.81. The van der Waals surface area contributed by atoms with Crippen LogP contribution in [0.5, 0.6) is 0 Å². The smallest absolute Gasteiger partial charge is 0.00385 e. The maximum atomic E-state index is 2.49. The maximum absolute atomic E-state index is 2.49. The van der Waals surface area contributed by atoms with Gasteiger partial charge < -0.3 is 4.90 Å². The zero-order valence-electron chi connectivity index (χ0n) is 8.02. The van der Waals surface area contributed by atoms with E-state index in [0.717, 1.165) is 5.92 Å². The Hall–Kier alpha value is -0.0400. The van der Waals surface area contributed by atoms with Gasteiger partial charge >= 0.3 is 0 Å². The molecule has 0 atom stereocenters. The van der Waals surface area contributed by atoms with Crippen molar-refractivity contribution >= 4 is 0 Å². The van der Waals surface area contributed by atoms with E-state index in [0.29, 0.717) is 6.04 Å². The Balaban J connectivity index is 3.60. The van der Waals surface area contributed by atoms with Crippen LogP contribution in [0.3, 0.4) is 0 Å². The van der Waals surface area contributed by atoms with Crippen molar-refractivity contribution < 1.29 is 0 Å². The Labute approximate surface area is 65.4 Å². The van der Waals surface area contributed by atoms with Crippen LogP contribution in [0.4, 0.5) is 0 Å². The number of rotatable bonds is 4. The first-order valence-corrected chi connectivity index (χ1v) is 4.32. The lowest BCUT2D eigenvalue weighted by atomic mass is 10.2. The van der Waals surface area contributed by atoms with Crippen molar-refractivity contribution in [2.24, 2.45) is 5.92 Å². The summed E-state index contributed by atoms with van der Waals surface area (Å²) in [5, 5.41) is 0. The molecule has 0 aromatic carbocycles. The molecule has 0 fully saturated rings. The van der Waals surface area contributed by atoms with Crippen molar-refractivity contribution in [1.29, 1.82) is 0 Å². The fraction of sp³-hybridized carbons (Fsp3) is 1.00. The molecule has 0 saturated carbocycles. The van der Waals surface area contributed by atoms with E-state index < -0.39 is 0 Å². The summed E-state index contributed by atoms with van der Waals surface area (Å²) in [6.45, 7) is 13.7. The zero-order valence-corrected chi connectivity index (χ0v) is 8.02. The normalized spacial score (nSPS) is 12.0. The SMILES string of the molecule is CCN(CC(C)C)C(C)C. The first-order valence-electron chi connectivity index (χ1n) is 4.32. The monoisotopic (exact) mass is 143 g/mol. The molecule has 10 heavy (non-hydrogen) atoms. The molecule has 0 heterocycles. The van der Waals surface area contributed by atoms with Gasteiger partial charge in [0.05, 0.1) is 0 Å². The Morgan fingerprint density at radius 3 is 1.70 bits per heavy atom. The third-order valence-corrected chi connectivity index (χ3v) is 1.74. The molecule has 1 heteroatoms. The quantitative estimate of drug-likeness (QED) is 0.584. The minimum atomic E-state index is 0.701. The zero-order chi connectivity index (χ0) is 8.15. The molecule has 0 aliphatic heterocycles. The highest BCUT2D eigenvalue weighted by Gasteiger charge is 2.07. The van der Waals surface area contributed by atoms with Crippen LogP contribution in [0.1, 0.15) is 34.6 Å². The predicted molar refractivity (Wildman–Crippen MR) is 47.2 cm³/mol. The summed E-state index contributed by atoms with van der Waals surface area (Å²) in [5.41, 5.74) is 0. The summed E-state index contributed by atoms with van der Waals surface area (Å²) in [5.74, 6) is 0.794. The van der Waals surface area contributed by atoms with E-state index in [1.54, 1.807) is 0 Å². The molecule has 0 saturated heterocycles. The summed E-state index contributed by atoms with van der Waals surface area (Å²) in [4.78, 5) is 2.49. The second-order valence-corrected chi connectivity index (χ2v) is 3.58. The lowest BCUT2D eigenvalue weighted by Crippen LogP contribution is -2.33. The van der Waals surface area contributed by atoms with Crippen molar-refractivity contribution in [3.63, 3.8) is 0 Å². The minimum absolute atomic E-state index is 0.701. The molecule has 0 aliphatic rings. The number of hydrogen-bond acceptors (Lipinski definition) is 1. The van der Waals surface area contributed by atoms with Gasteiger partial charge in [-0.15, -0.1) is 0 Å². The predicted octanol–water partition coefficient (Wildman–Crippen LogP) is 2.37. The Morgan fingerprint density at radius 1 is 1.10 bits per heavy atom. The fourth-order valence-electron chi connectivity index (χ4n) is 1.17. The molecule has 0 aliphatic carbocycles. The van der Waals surface area contributed by atoms with E-state index >= 15 is 0 Å². The van der Waals surface area contributed by atoms with Crippen molar-refractivity contribution in [3.05, 3.63) is 0 Å². The third-order valence-electron chi connectivity index (χ3n) is 1.74. The molecule has 0 N–H and O–H groups in total. The highest BCUT2D eigenvalue weighted by atomic mass is 15.1. The molecule has 1 nitrogen and oxygen atoms in total. The summed E-state index contributed by atoms with van der Waals surface area (Å²) >= 11 is 0. The lowest BCUT2D eigenvalue weighted by Gasteiger charge is -2.26. The molecule has 0 unspecified atom stereocenters. The van der Waals surface area contributed by atoms with E-state index in [9.17, 15) is 0 Å². The van der Waals surface area contributed by atoms with Crippen LogP contribution in [-0.4, -0.2) is 24.0 Å². The van der Waals surface area contributed by atoms with E-state index in [1.807, 2.05) is 0 Å². The molecule has 0 bridgehead atoms. The third kappa shape index (κ3) is 3.89. The first-order chi connectivity index (χ1) is 4.57. The standard InChI is InChI=1S/C9H21N/c1-6-10(9(4)5)7-8(2)3/h8-9H,6-7H2,1-5H3. The maximum Gasteiger partial charge on any atom is 0.00385 e. The summed E-state index contributed by atoms with van der Waals surface area (Å²) < 4.78 is 0. The highest BCUT2D eigenvalue weighted by Crippen LogP contribution is 2.02. The Kier molecular flexibility index (Phi) is 4.71. The van der Waals surface area contributed by atoms with E-state index in [4.69, 9.17) is 0 Å². The Bertz CT molecular complexity index is 76.8. The van der Waals surface area contributed by atoms with Gasteiger partial charge in [-0.25, -0.2) is 0 Å². The number of nitrogens with zero attached hydrogens (tertiary/aromatic N) is 1.